The van der Waals surface area contributed by atoms with Crippen molar-refractivity contribution >= 4 is 15.9 Å². The van der Waals surface area contributed by atoms with Gasteiger partial charge in [0.2, 0.25) is 0 Å². The SMILES string of the molecule is [2H]c1cc(C(C)(C)C)cc(C([2H])([2H])[2H])c1-c1ccc(-c2ccnc(-c3c(C([2H])([2H])[2H])ccc(Br)c3[2H])c2)cc1. The standard InChI is InChI=1S/C29H28BrN/c1-19-6-12-25(30)18-27(19)28-17-23(14-15-31-28)21-7-9-22(10-8-21)26-13-11-24(16-20(26)2)29(3,4)5/h6-18H,1-5H3/i1D3,2D3,13D,18D. The quantitative estimate of drug-likeness (QED) is 0.287. The Morgan fingerprint density at radius 2 is 1.55 bits per heavy atom. The van der Waals surface area contributed by atoms with Gasteiger partial charge in [-0.25, -0.2) is 0 Å². The highest BCUT2D eigenvalue weighted by atomic mass is 79.9. The molecule has 0 radical (unpaired) electrons. The summed E-state index contributed by atoms with van der Waals surface area (Å²) >= 11 is 3.32. The maximum absolute atomic E-state index is 8.67. The average Bonchev–Trinajstić information content (AvgIpc) is 2.83. The third-order valence-corrected chi connectivity index (χ3v) is 5.70. The number of halogens is 1. The molecule has 156 valence electrons. The Kier molecular flexibility index (Phi) is 3.71. The molecule has 0 spiro atoms. The lowest BCUT2D eigenvalue weighted by molar-refractivity contribution is 0.590. The van der Waals surface area contributed by atoms with Crippen LogP contribution in [0.3, 0.4) is 0 Å². The fourth-order valence-electron chi connectivity index (χ4n) is 3.42. The third kappa shape index (κ3) is 4.65. The molecular formula is C29H28BrN. The van der Waals surface area contributed by atoms with Crippen molar-refractivity contribution in [3.8, 4) is 33.5 Å². The summed E-state index contributed by atoms with van der Waals surface area (Å²) in [7, 11) is 0. The van der Waals surface area contributed by atoms with Crippen molar-refractivity contribution in [1.29, 1.82) is 0 Å². The monoisotopic (exact) mass is 477 g/mol. The van der Waals surface area contributed by atoms with Crippen molar-refractivity contribution in [1.82, 2.24) is 4.98 Å². The van der Waals surface area contributed by atoms with E-state index >= 15 is 0 Å². The Balaban J connectivity index is 1.80. The molecule has 31 heavy (non-hydrogen) atoms. The fourth-order valence-corrected chi connectivity index (χ4v) is 3.75. The van der Waals surface area contributed by atoms with Crippen LogP contribution in [0.25, 0.3) is 33.5 Å². The van der Waals surface area contributed by atoms with E-state index in [1.165, 1.54) is 6.07 Å². The zero-order valence-corrected chi connectivity index (χ0v) is 19.3. The number of rotatable bonds is 3. The first-order valence-corrected chi connectivity index (χ1v) is 10.8. The van der Waals surface area contributed by atoms with E-state index < -0.39 is 13.7 Å². The van der Waals surface area contributed by atoms with Crippen LogP contribution in [0.5, 0.6) is 0 Å². The number of benzene rings is 3. The van der Waals surface area contributed by atoms with Crippen LogP contribution in [0.15, 0.2) is 83.4 Å². The molecule has 1 heterocycles. The number of nitrogens with zero attached hydrogens (tertiary/aromatic N) is 1. The average molecular weight is 479 g/mol. The van der Waals surface area contributed by atoms with Gasteiger partial charge in [0.15, 0.2) is 0 Å². The number of aryl methyl sites for hydroxylation is 2. The lowest BCUT2D eigenvalue weighted by atomic mass is 9.84. The summed E-state index contributed by atoms with van der Waals surface area (Å²) in [5.41, 5.74) is 3.84. The van der Waals surface area contributed by atoms with Crippen LogP contribution in [-0.2, 0) is 5.41 Å². The highest BCUT2D eigenvalue weighted by molar-refractivity contribution is 9.10. The van der Waals surface area contributed by atoms with Crippen LogP contribution in [0.2, 0.25) is 0 Å². The Bertz CT molecular complexity index is 1530. The molecule has 0 N–H and O–H groups in total. The molecule has 0 atom stereocenters. The molecule has 2 heteroatoms. The first-order valence-electron chi connectivity index (χ1n) is 14.0. The van der Waals surface area contributed by atoms with Crippen LogP contribution in [-0.4, -0.2) is 4.98 Å². The molecule has 0 saturated heterocycles. The summed E-state index contributed by atoms with van der Waals surface area (Å²) in [4.78, 5) is 4.38. The van der Waals surface area contributed by atoms with Crippen molar-refractivity contribution in [2.45, 2.75) is 39.9 Å². The summed E-state index contributed by atoms with van der Waals surface area (Å²) in [5.74, 6) is 0. The van der Waals surface area contributed by atoms with Crippen LogP contribution >= 0.6 is 15.9 Å². The van der Waals surface area contributed by atoms with Gasteiger partial charge in [-0.1, -0.05) is 85.2 Å². The van der Waals surface area contributed by atoms with E-state index in [2.05, 4.69) is 20.9 Å². The fraction of sp³-hybridized carbons (Fsp3) is 0.207. The molecule has 1 nitrogen and oxygen atoms in total. The van der Waals surface area contributed by atoms with E-state index in [-0.39, 0.29) is 34.2 Å². The number of hydrogen-bond acceptors (Lipinski definition) is 1. The zero-order valence-electron chi connectivity index (χ0n) is 25.7. The minimum Gasteiger partial charge on any atom is -0.256 e. The molecule has 0 bridgehead atoms. The van der Waals surface area contributed by atoms with Gasteiger partial charge in [-0.3, -0.25) is 4.98 Å². The van der Waals surface area contributed by atoms with Crippen LogP contribution in [0, 0.1) is 13.7 Å². The van der Waals surface area contributed by atoms with E-state index in [1.807, 2.05) is 32.9 Å². The zero-order chi connectivity index (χ0) is 28.9. The lowest BCUT2D eigenvalue weighted by Crippen LogP contribution is -2.11. The highest BCUT2D eigenvalue weighted by Crippen LogP contribution is 2.32. The highest BCUT2D eigenvalue weighted by Gasteiger charge is 2.15. The Labute approximate surface area is 205 Å². The molecule has 0 aliphatic carbocycles. The van der Waals surface area contributed by atoms with E-state index in [9.17, 15) is 0 Å². The summed E-state index contributed by atoms with van der Waals surface area (Å²) in [6.07, 6.45) is 1.57. The van der Waals surface area contributed by atoms with E-state index in [0.717, 1.165) is 16.7 Å². The van der Waals surface area contributed by atoms with Gasteiger partial charge in [0.25, 0.3) is 0 Å². The van der Waals surface area contributed by atoms with Crippen LogP contribution in [0.4, 0.5) is 0 Å². The Hall–Kier alpha value is -2.71. The summed E-state index contributed by atoms with van der Waals surface area (Å²) < 4.78 is 65.8. The number of hydrogen-bond donors (Lipinski definition) is 0. The second-order valence-corrected chi connectivity index (χ2v) is 9.38. The normalized spacial score (nSPS) is 16.1. The Morgan fingerprint density at radius 1 is 0.806 bits per heavy atom. The predicted molar refractivity (Wildman–Crippen MR) is 136 cm³/mol. The second kappa shape index (κ2) is 8.43. The topological polar surface area (TPSA) is 12.9 Å². The van der Waals surface area contributed by atoms with Gasteiger partial charge in [0.1, 0.15) is 0 Å². The van der Waals surface area contributed by atoms with Gasteiger partial charge in [0, 0.05) is 24.5 Å². The molecule has 4 aromatic rings. The molecule has 0 unspecified atom stereocenters. The molecule has 0 fully saturated rings. The second-order valence-electron chi connectivity index (χ2n) is 8.53. The summed E-state index contributed by atoms with van der Waals surface area (Å²) in [6, 6.07) is 17.4. The van der Waals surface area contributed by atoms with Crippen molar-refractivity contribution < 1.29 is 11.0 Å². The first-order chi connectivity index (χ1) is 18.0. The van der Waals surface area contributed by atoms with E-state index in [0.29, 0.717) is 21.3 Å². The van der Waals surface area contributed by atoms with Gasteiger partial charge in [-0.15, -0.1) is 0 Å². The molecule has 1 aromatic heterocycles. The van der Waals surface area contributed by atoms with Crippen molar-refractivity contribution in [2.24, 2.45) is 0 Å². The molecule has 0 aliphatic rings. The van der Waals surface area contributed by atoms with Crippen molar-refractivity contribution in [2.75, 3.05) is 0 Å². The van der Waals surface area contributed by atoms with Gasteiger partial charge >= 0.3 is 0 Å². The minimum atomic E-state index is -2.41. The smallest absolute Gasteiger partial charge is 0.0711 e. The maximum atomic E-state index is 8.67. The third-order valence-electron chi connectivity index (χ3n) is 5.24. The van der Waals surface area contributed by atoms with Crippen molar-refractivity contribution in [3.63, 3.8) is 0 Å². The minimum absolute atomic E-state index is 0.0440. The van der Waals surface area contributed by atoms with E-state index in [4.69, 9.17) is 11.0 Å². The molecular weight excluding hydrogens is 442 g/mol. The van der Waals surface area contributed by atoms with Gasteiger partial charge in [0.05, 0.1) is 8.44 Å². The summed E-state index contributed by atoms with van der Waals surface area (Å²) in [6.45, 7) is 1.16. The van der Waals surface area contributed by atoms with Gasteiger partial charge < -0.3 is 0 Å². The largest absolute Gasteiger partial charge is 0.256 e. The maximum Gasteiger partial charge on any atom is 0.0711 e. The number of pyridine rings is 1. The molecule has 3 aromatic carbocycles. The molecule has 4 rings (SSSR count). The molecule has 0 saturated carbocycles. The molecule has 0 aliphatic heterocycles. The lowest BCUT2D eigenvalue weighted by Gasteiger charge is -2.20. The summed E-state index contributed by atoms with van der Waals surface area (Å²) in [5, 5.41) is 0. The first kappa shape index (κ1) is 13.6. The van der Waals surface area contributed by atoms with Crippen LogP contribution < -0.4 is 0 Å². The molecule has 0 amide bonds. The predicted octanol–water partition coefficient (Wildman–Crippen LogP) is 8.76. The van der Waals surface area contributed by atoms with Gasteiger partial charge in [-0.05, 0) is 82.3 Å². The van der Waals surface area contributed by atoms with Crippen LogP contribution in [0.1, 0.15) is 48.4 Å². The van der Waals surface area contributed by atoms with Gasteiger partial charge in [-0.2, -0.15) is 0 Å². The number of aromatic nitrogens is 1. The van der Waals surface area contributed by atoms with E-state index in [1.54, 1.807) is 48.7 Å². The Morgan fingerprint density at radius 3 is 2.26 bits per heavy atom. The van der Waals surface area contributed by atoms with Crippen molar-refractivity contribution in [3.05, 3.63) is 100 Å².